The Bertz CT molecular complexity index is 1750. The van der Waals surface area contributed by atoms with Gasteiger partial charge < -0.3 is 24.7 Å². The summed E-state index contributed by atoms with van der Waals surface area (Å²) < 4.78 is 11.5. The maximum absolute atomic E-state index is 12.5. The zero-order valence-electron chi connectivity index (χ0n) is 23.0. The smallest absolute Gasteiger partial charge is 0.326 e. The van der Waals surface area contributed by atoms with Gasteiger partial charge in [-0.1, -0.05) is 6.07 Å². The molecule has 2 fully saturated rings. The molecule has 2 aliphatic rings. The number of anilines is 1. The van der Waals surface area contributed by atoms with Gasteiger partial charge in [0, 0.05) is 43.5 Å². The van der Waals surface area contributed by atoms with Crippen LogP contribution in [0.15, 0.2) is 59.8 Å². The zero-order chi connectivity index (χ0) is 27.8. The fourth-order valence-electron chi connectivity index (χ4n) is 5.72. The second-order valence-electron chi connectivity index (χ2n) is 11.0. The Morgan fingerprint density at radius 3 is 2.85 bits per heavy atom. The van der Waals surface area contributed by atoms with E-state index in [9.17, 15) is 9.90 Å². The summed E-state index contributed by atoms with van der Waals surface area (Å²) in [6.45, 7) is 6.40. The van der Waals surface area contributed by atoms with E-state index in [0.29, 0.717) is 24.8 Å². The van der Waals surface area contributed by atoms with Crippen LogP contribution in [0.2, 0.25) is 0 Å². The van der Waals surface area contributed by atoms with Crippen molar-refractivity contribution in [2.24, 2.45) is 0 Å². The number of hydrogen-bond donors (Lipinski definition) is 3. The number of pyridine rings is 2. The van der Waals surface area contributed by atoms with E-state index >= 15 is 0 Å². The summed E-state index contributed by atoms with van der Waals surface area (Å²) in [6.07, 6.45) is 8.86. The van der Waals surface area contributed by atoms with Crippen LogP contribution in [0.3, 0.4) is 0 Å². The van der Waals surface area contributed by atoms with E-state index in [1.807, 2.05) is 29.1 Å². The third kappa shape index (κ3) is 5.42. The van der Waals surface area contributed by atoms with Gasteiger partial charge in [0.05, 0.1) is 36.3 Å². The van der Waals surface area contributed by atoms with Crippen molar-refractivity contribution in [1.82, 2.24) is 29.0 Å². The van der Waals surface area contributed by atoms with Crippen molar-refractivity contribution in [3.05, 3.63) is 76.7 Å². The molecular formula is C30H35N8O3+. The van der Waals surface area contributed by atoms with E-state index in [0.717, 1.165) is 92.2 Å². The summed E-state index contributed by atoms with van der Waals surface area (Å²) in [7, 11) is 0. The number of H-pyrrole nitrogens is 1. The number of imidazole rings is 2. The minimum atomic E-state index is -0.0340. The molecule has 1 saturated heterocycles. The Morgan fingerprint density at radius 2 is 2.02 bits per heavy atom. The number of aromatic nitrogens is 6. The molecule has 1 aliphatic carbocycles. The Morgan fingerprint density at radius 1 is 1.15 bits per heavy atom. The number of nitrogens with zero attached hydrogens (tertiary/aromatic N) is 6. The third-order valence-corrected chi connectivity index (χ3v) is 8.02. The Hall–Kier alpha value is -4.22. The standard InChI is InChI=1S/C30H34N8O3/c39-28-3-1-9-31-25(28)20-37-27-17-21(18-36-12-8-26-24(19-36)34-30(40)38(26)22-5-6-22)4-7-23(27)33-29(37)32-10-2-11-35-13-15-41-16-14-35/h1,3-4,7-9,12,17,19,22H,2,5-6,10-11,13-16,18,20H2,(H2-,32,33,34,39,40)/p+1. The maximum atomic E-state index is 12.5. The molecule has 3 N–H and O–H groups in total. The molecule has 0 amide bonds. The van der Waals surface area contributed by atoms with Crippen molar-refractivity contribution in [2.75, 3.05) is 44.7 Å². The normalized spacial score (nSPS) is 16.1. The lowest BCUT2D eigenvalue weighted by Gasteiger charge is -2.26. The van der Waals surface area contributed by atoms with Crippen LogP contribution in [0.25, 0.3) is 22.1 Å². The molecule has 0 bridgehead atoms. The van der Waals surface area contributed by atoms with Crippen LogP contribution >= 0.6 is 0 Å². The molecule has 5 aromatic rings. The van der Waals surface area contributed by atoms with Gasteiger partial charge in [-0.2, -0.15) is 4.57 Å². The molecular weight excluding hydrogens is 520 g/mol. The van der Waals surface area contributed by atoms with Crippen molar-refractivity contribution in [2.45, 2.75) is 38.4 Å². The van der Waals surface area contributed by atoms with Crippen molar-refractivity contribution < 1.29 is 14.4 Å². The second-order valence-corrected chi connectivity index (χ2v) is 11.0. The summed E-state index contributed by atoms with van der Waals surface area (Å²) in [4.78, 5) is 27.3. The summed E-state index contributed by atoms with van der Waals surface area (Å²) >= 11 is 0. The molecule has 0 radical (unpaired) electrons. The molecule has 41 heavy (non-hydrogen) atoms. The van der Waals surface area contributed by atoms with Gasteiger partial charge in [-0.25, -0.2) is 9.78 Å². The minimum Gasteiger partial charge on any atom is -0.506 e. The highest BCUT2D eigenvalue weighted by atomic mass is 16.5. The first-order valence-electron chi connectivity index (χ1n) is 14.4. The van der Waals surface area contributed by atoms with E-state index in [4.69, 9.17) is 9.72 Å². The van der Waals surface area contributed by atoms with Gasteiger partial charge in [0.15, 0.2) is 18.9 Å². The zero-order valence-corrected chi connectivity index (χ0v) is 23.0. The molecule has 11 heteroatoms. The number of fused-ring (bicyclic) bond motifs is 2. The number of hydrogen-bond acceptors (Lipinski definition) is 7. The van der Waals surface area contributed by atoms with Gasteiger partial charge in [-0.15, -0.1) is 0 Å². The highest BCUT2D eigenvalue weighted by Crippen LogP contribution is 2.35. The predicted molar refractivity (Wildman–Crippen MR) is 155 cm³/mol. The van der Waals surface area contributed by atoms with Crippen LogP contribution in [-0.2, 0) is 17.8 Å². The summed E-state index contributed by atoms with van der Waals surface area (Å²) in [5.74, 6) is 0.928. The molecule has 11 nitrogen and oxygen atoms in total. The molecule has 1 saturated carbocycles. The molecule has 0 unspecified atom stereocenters. The van der Waals surface area contributed by atoms with Gasteiger partial charge in [0.25, 0.3) is 0 Å². The lowest BCUT2D eigenvalue weighted by Crippen LogP contribution is -2.37. The number of nitrogens with one attached hydrogen (secondary N) is 2. The quantitative estimate of drug-likeness (QED) is 0.179. The first-order chi connectivity index (χ1) is 20.1. The maximum Gasteiger partial charge on any atom is 0.326 e. The first-order valence-corrected chi connectivity index (χ1v) is 14.4. The number of aromatic amines is 1. The lowest BCUT2D eigenvalue weighted by atomic mass is 10.2. The van der Waals surface area contributed by atoms with Crippen LogP contribution in [0, 0.1) is 0 Å². The Labute approximate surface area is 237 Å². The first kappa shape index (κ1) is 25.7. The van der Waals surface area contributed by atoms with Gasteiger partial charge in [0.1, 0.15) is 17.0 Å². The molecule has 4 aromatic heterocycles. The van der Waals surface area contributed by atoms with E-state index in [1.54, 1.807) is 18.3 Å². The predicted octanol–water partition coefficient (Wildman–Crippen LogP) is 2.63. The van der Waals surface area contributed by atoms with Crippen LogP contribution in [0.5, 0.6) is 5.75 Å². The van der Waals surface area contributed by atoms with Gasteiger partial charge >= 0.3 is 5.69 Å². The molecule has 212 valence electrons. The van der Waals surface area contributed by atoms with Crippen molar-refractivity contribution in [3.8, 4) is 5.75 Å². The summed E-state index contributed by atoms with van der Waals surface area (Å²) in [5, 5.41) is 14.0. The SMILES string of the molecule is O=c1[nH]c2c[n+](Cc3ccc4nc(NCCCN5CCOCC5)n(Cc5ncccc5O)c4c3)ccc2n1C1CC1. The number of benzene rings is 1. The average molecular weight is 556 g/mol. The molecule has 5 heterocycles. The van der Waals surface area contributed by atoms with Gasteiger partial charge in [0.2, 0.25) is 5.95 Å². The van der Waals surface area contributed by atoms with Crippen molar-refractivity contribution in [3.63, 3.8) is 0 Å². The second kappa shape index (κ2) is 11.0. The Kier molecular flexibility index (Phi) is 6.89. The number of rotatable bonds is 10. The van der Waals surface area contributed by atoms with Gasteiger partial charge in [-0.05, 0) is 50.1 Å². The minimum absolute atomic E-state index is 0.0340. The van der Waals surface area contributed by atoms with E-state index < -0.39 is 0 Å². The van der Waals surface area contributed by atoms with Crippen LogP contribution < -0.4 is 15.6 Å². The summed E-state index contributed by atoms with van der Waals surface area (Å²) in [5.41, 5.74) is 5.33. The number of ether oxygens (including phenoxy) is 1. The number of aromatic hydroxyl groups is 1. The molecule has 1 aromatic carbocycles. The Balaban J connectivity index is 1.15. The van der Waals surface area contributed by atoms with Gasteiger partial charge in [-0.3, -0.25) is 14.5 Å². The van der Waals surface area contributed by atoms with E-state index in [1.165, 1.54) is 0 Å². The molecule has 0 spiro atoms. The molecule has 1 aliphatic heterocycles. The van der Waals surface area contributed by atoms with Crippen LogP contribution in [0.4, 0.5) is 5.95 Å². The lowest BCUT2D eigenvalue weighted by molar-refractivity contribution is -0.687. The highest BCUT2D eigenvalue weighted by Gasteiger charge is 2.28. The van der Waals surface area contributed by atoms with Crippen molar-refractivity contribution >= 4 is 28.0 Å². The fourth-order valence-corrected chi connectivity index (χ4v) is 5.72. The highest BCUT2D eigenvalue weighted by molar-refractivity contribution is 5.79. The average Bonchev–Trinajstić information content (AvgIpc) is 3.69. The summed E-state index contributed by atoms with van der Waals surface area (Å²) in [6, 6.07) is 12.0. The fraction of sp³-hybridized carbons (Fsp3) is 0.400. The monoisotopic (exact) mass is 555 g/mol. The third-order valence-electron chi connectivity index (χ3n) is 8.02. The van der Waals surface area contributed by atoms with Crippen LogP contribution in [0.1, 0.15) is 36.6 Å². The molecule has 0 atom stereocenters. The number of morpholine rings is 1. The van der Waals surface area contributed by atoms with Crippen LogP contribution in [-0.4, -0.2) is 73.5 Å². The van der Waals surface area contributed by atoms with E-state index in [2.05, 4.69) is 41.5 Å². The van der Waals surface area contributed by atoms with E-state index in [-0.39, 0.29) is 11.4 Å². The molecule has 7 rings (SSSR count). The van der Waals surface area contributed by atoms with Crippen molar-refractivity contribution in [1.29, 1.82) is 0 Å². The largest absolute Gasteiger partial charge is 0.506 e. The topological polar surface area (TPSA) is 117 Å².